The fourth-order valence-corrected chi connectivity index (χ4v) is 4.20. The molecule has 170 valence electrons. The van der Waals surface area contributed by atoms with Gasteiger partial charge in [-0.25, -0.2) is 9.18 Å². The van der Waals surface area contributed by atoms with Gasteiger partial charge in [-0.3, -0.25) is 9.48 Å². The number of rotatable bonds is 6. The second kappa shape index (κ2) is 8.14. The molecule has 5 rings (SSSR count). The molecular weight excluding hydrogens is 421 g/mol. The number of anilines is 1. The highest BCUT2D eigenvalue weighted by Crippen LogP contribution is 2.49. The van der Waals surface area contributed by atoms with Gasteiger partial charge < -0.3 is 10.1 Å². The molecule has 0 bridgehead atoms. The minimum atomic E-state index is -0.724. The second-order valence-electron chi connectivity index (χ2n) is 9.11. The Labute approximate surface area is 191 Å². The van der Waals surface area contributed by atoms with Crippen molar-refractivity contribution in [2.75, 3.05) is 5.32 Å². The van der Waals surface area contributed by atoms with Crippen LogP contribution < -0.4 is 10.1 Å². The number of esters is 1. The second-order valence-corrected chi connectivity index (χ2v) is 9.11. The van der Waals surface area contributed by atoms with Crippen molar-refractivity contribution in [2.45, 2.75) is 57.4 Å². The fourth-order valence-electron chi connectivity index (χ4n) is 4.20. The summed E-state index contributed by atoms with van der Waals surface area (Å²) in [6, 6.07) is 12.0. The summed E-state index contributed by atoms with van der Waals surface area (Å²) < 4.78 is 21.5. The lowest BCUT2D eigenvalue weighted by molar-refractivity contribution is -0.118. The third kappa shape index (κ3) is 4.03. The first-order valence-corrected chi connectivity index (χ1v) is 11.3. The lowest BCUT2D eigenvalue weighted by Gasteiger charge is -2.25. The number of hydrogen-bond donors (Lipinski definition) is 1. The van der Waals surface area contributed by atoms with Gasteiger partial charge in [0.1, 0.15) is 11.5 Å². The maximum Gasteiger partial charge on any atom is 0.343 e. The smallest absolute Gasteiger partial charge is 0.343 e. The zero-order valence-electron chi connectivity index (χ0n) is 18.7. The van der Waals surface area contributed by atoms with Crippen LogP contribution >= 0.6 is 0 Å². The molecule has 0 aliphatic heterocycles. The lowest BCUT2D eigenvalue weighted by atomic mass is 9.93. The molecule has 2 saturated carbocycles. The highest BCUT2D eigenvalue weighted by Gasteiger charge is 2.51. The molecule has 1 aromatic heterocycles. The zero-order chi connectivity index (χ0) is 23.2. The van der Waals surface area contributed by atoms with E-state index in [1.54, 1.807) is 43.5 Å². The van der Waals surface area contributed by atoms with E-state index in [4.69, 9.17) is 4.74 Å². The van der Waals surface area contributed by atoms with Crippen molar-refractivity contribution in [3.63, 3.8) is 0 Å². The van der Waals surface area contributed by atoms with Gasteiger partial charge in [0.25, 0.3) is 0 Å². The predicted octanol–water partition coefficient (Wildman–Crippen LogP) is 5.25. The molecule has 2 aliphatic carbocycles. The monoisotopic (exact) mass is 447 g/mol. The van der Waals surface area contributed by atoms with Gasteiger partial charge in [0.15, 0.2) is 5.75 Å². The molecule has 6 nitrogen and oxygen atoms in total. The van der Waals surface area contributed by atoms with E-state index in [1.807, 2.05) is 17.7 Å². The standard InChI is InChI=1S/C26H26FN3O3/c1-16-9-10-19(14-22(16)27)26(11-12-26)25(32)28-20-6-3-5-18(13-20)24(31)33-23-15-30(29-17(23)2)21-7-4-8-21/h3,5-6,9-10,13-15,21H,4,7-8,11-12H2,1-2H3,(H,28,32). The molecule has 0 saturated heterocycles. The Balaban J connectivity index is 1.29. The van der Waals surface area contributed by atoms with Gasteiger partial charge in [-0.1, -0.05) is 18.2 Å². The summed E-state index contributed by atoms with van der Waals surface area (Å²) in [5.41, 5.74) is 2.00. The van der Waals surface area contributed by atoms with Gasteiger partial charge in [0.2, 0.25) is 5.91 Å². The summed E-state index contributed by atoms with van der Waals surface area (Å²) in [5.74, 6) is -0.579. The van der Waals surface area contributed by atoms with Crippen molar-refractivity contribution < 1.29 is 18.7 Å². The van der Waals surface area contributed by atoms with Crippen LogP contribution in [-0.2, 0) is 10.2 Å². The van der Waals surface area contributed by atoms with E-state index in [0.717, 1.165) is 12.8 Å². The van der Waals surface area contributed by atoms with Crippen molar-refractivity contribution >= 4 is 17.6 Å². The molecule has 3 aromatic rings. The molecule has 1 N–H and O–H groups in total. The highest BCUT2D eigenvalue weighted by atomic mass is 19.1. The number of benzene rings is 2. The van der Waals surface area contributed by atoms with E-state index in [-0.39, 0.29) is 11.7 Å². The Hall–Kier alpha value is -3.48. The number of ether oxygens (including phenoxy) is 1. The molecule has 7 heteroatoms. The van der Waals surface area contributed by atoms with Gasteiger partial charge in [-0.05, 0) is 81.3 Å². The van der Waals surface area contributed by atoms with E-state index in [2.05, 4.69) is 10.4 Å². The van der Waals surface area contributed by atoms with Crippen LogP contribution in [0.1, 0.15) is 65.3 Å². The Morgan fingerprint density at radius 2 is 1.94 bits per heavy atom. The number of halogens is 1. The summed E-state index contributed by atoms with van der Waals surface area (Å²) in [6.45, 7) is 3.51. The fraction of sp³-hybridized carbons (Fsp3) is 0.346. The van der Waals surface area contributed by atoms with Gasteiger partial charge >= 0.3 is 5.97 Å². The molecule has 1 heterocycles. The Morgan fingerprint density at radius 1 is 1.15 bits per heavy atom. The molecule has 2 fully saturated rings. The molecule has 2 aliphatic rings. The summed E-state index contributed by atoms with van der Waals surface area (Å²) in [7, 11) is 0. The number of aromatic nitrogens is 2. The topological polar surface area (TPSA) is 73.2 Å². The maximum absolute atomic E-state index is 14.1. The van der Waals surface area contributed by atoms with Crippen molar-refractivity contribution in [1.82, 2.24) is 9.78 Å². The normalized spacial score (nSPS) is 16.7. The number of aryl methyl sites for hydroxylation is 2. The molecule has 0 atom stereocenters. The van der Waals surface area contributed by atoms with Crippen LogP contribution in [0.5, 0.6) is 5.75 Å². The maximum atomic E-state index is 14.1. The largest absolute Gasteiger partial charge is 0.419 e. The first-order valence-electron chi connectivity index (χ1n) is 11.3. The van der Waals surface area contributed by atoms with Crippen LogP contribution in [-0.4, -0.2) is 21.7 Å². The third-order valence-corrected chi connectivity index (χ3v) is 6.79. The molecule has 1 amide bonds. The van der Waals surface area contributed by atoms with E-state index >= 15 is 0 Å². The zero-order valence-corrected chi connectivity index (χ0v) is 18.7. The number of hydrogen-bond acceptors (Lipinski definition) is 4. The lowest BCUT2D eigenvalue weighted by Crippen LogP contribution is -2.28. The number of nitrogens with zero attached hydrogens (tertiary/aromatic N) is 2. The van der Waals surface area contributed by atoms with E-state index in [1.165, 1.54) is 12.5 Å². The SMILES string of the molecule is Cc1ccc(C2(C(=O)Nc3cccc(C(=O)Oc4cn(C5CCC5)nc4C)c3)CC2)cc1F. The van der Waals surface area contributed by atoms with Crippen LogP contribution in [0.2, 0.25) is 0 Å². The molecular formula is C26H26FN3O3. The van der Waals surface area contributed by atoms with Crippen LogP contribution in [0.3, 0.4) is 0 Å². The van der Waals surface area contributed by atoms with Gasteiger partial charge in [-0.15, -0.1) is 0 Å². The average molecular weight is 448 g/mol. The third-order valence-electron chi connectivity index (χ3n) is 6.79. The summed E-state index contributed by atoms with van der Waals surface area (Å²) >= 11 is 0. The van der Waals surface area contributed by atoms with Gasteiger partial charge in [-0.2, -0.15) is 5.10 Å². The minimum absolute atomic E-state index is 0.200. The van der Waals surface area contributed by atoms with Crippen molar-refractivity contribution in [2.24, 2.45) is 0 Å². The van der Waals surface area contributed by atoms with Crippen LogP contribution in [0.15, 0.2) is 48.7 Å². The van der Waals surface area contributed by atoms with Crippen LogP contribution in [0, 0.1) is 19.7 Å². The first kappa shape index (κ1) is 21.4. The highest BCUT2D eigenvalue weighted by molar-refractivity contribution is 6.02. The number of carbonyl (C=O) groups excluding carboxylic acids is 2. The number of carbonyl (C=O) groups is 2. The Bertz CT molecular complexity index is 1240. The number of nitrogens with one attached hydrogen (secondary N) is 1. The Morgan fingerprint density at radius 3 is 2.61 bits per heavy atom. The van der Waals surface area contributed by atoms with E-state index in [0.29, 0.717) is 52.7 Å². The molecule has 0 spiro atoms. The van der Waals surface area contributed by atoms with Crippen molar-refractivity contribution in [3.05, 3.63) is 76.9 Å². The molecule has 0 radical (unpaired) electrons. The molecule has 2 aromatic carbocycles. The summed E-state index contributed by atoms with van der Waals surface area (Å²) in [5, 5.41) is 7.36. The van der Waals surface area contributed by atoms with Crippen LogP contribution in [0.25, 0.3) is 0 Å². The van der Waals surface area contributed by atoms with Crippen LogP contribution in [0.4, 0.5) is 10.1 Å². The summed E-state index contributed by atoms with van der Waals surface area (Å²) in [6.07, 6.45) is 6.47. The first-order chi connectivity index (χ1) is 15.9. The quantitative estimate of drug-likeness (QED) is 0.524. The molecule has 0 unspecified atom stereocenters. The van der Waals surface area contributed by atoms with Gasteiger partial charge in [0.05, 0.1) is 23.2 Å². The minimum Gasteiger partial charge on any atom is -0.419 e. The van der Waals surface area contributed by atoms with E-state index < -0.39 is 11.4 Å². The molecule has 33 heavy (non-hydrogen) atoms. The summed E-state index contributed by atoms with van der Waals surface area (Å²) in [4.78, 5) is 25.8. The average Bonchev–Trinajstić information content (AvgIpc) is 3.49. The van der Waals surface area contributed by atoms with Crippen molar-refractivity contribution in [3.8, 4) is 5.75 Å². The Kier molecular flexibility index (Phi) is 5.27. The predicted molar refractivity (Wildman–Crippen MR) is 122 cm³/mol. The van der Waals surface area contributed by atoms with Gasteiger partial charge in [0, 0.05) is 5.69 Å². The number of amides is 1. The van der Waals surface area contributed by atoms with E-state index in [9.17, 15) is 14.0 Å². The van der Waals surface area contributed by atoms with Crippen molar-refractivity contribution in [1.29, 1.82) is 0 Å².